The molecule has 1 aliphatic rings. The molecule has 1 N–H and O–H groups in total. The second kappa shape index (κ2) is 6.71. The Labute approximate surface area is 131 Å². The fourth-order valence-corrected chi connectivity index (χ4v) is 4.16. The molecule has 2 atom stereocenters. The Morgan fingerprint density at radius 3 is 2.76 bits per heavy atom. The predicted octanol–water partition coefficient (Wildman–Crippen LogP) is 4.22. The normalized spacial score (nSPS) is 21.8. The van der Waals surface area contributed by atoms with E-state index in [4.69, 9.17) is 4.74 Å². The lowest BCUT2D eigenvalue weighted by Gasteiger charge is -2.19. The molecule has 2 unspecified atom stereocenters. The molecule has 0 heterocycles. The summed E-state index contributed by atoms with van der Waals surface area (Å²) < 4.78 is 5.28. The van der Waals surface area contributed by atoms with Crippen LogP contribution in [-0.2, 0) is 6.54 Å². The van der Waals surface area contributed by atoms with Crippen molar-refractivity contribution in [2.24, 2.45) is 0 Å². The smallest absolute Gasteiger partial charge is 0.119 e. The van der Waals surface area contributed by atoms with E-state index in [0.29, 0.717) is 6.04 Å². The molecule has 0 radical (unpaired) electrons. The first-order valence-corrected chi connectivity index (χ1v) is 8.92. The molecular weight excluding hydrogens is 278 g/mol. The van der Waals surface area contributed by atoms with E-state index in [2.05, 4.69) is 41.9 Å². The predicted molar refractivity (Wildman–Crippen MR) is 92.3 cm³/mol. The van der Waals surface area contributed by atoms with Gasteiger partial charge in [-0.25, -0.2) is 0 Å². The first-order valence-electron chi connectivity index (χ1n) is 7.63. The van der Waals surface area contributed by atoms with Gasteiger partial charge in [0.15, 0.2) is 0 Å². The Morgan fingerprint density at radius 1 is 1.14 bits per heavy atom. The lowest BCUT2D eigenvalue weighted by molar-refractivity contribution is 0.415. The van der Waals surface area contributed by atoms with E-state index < -0.39 is 0 Å². The first-order chi connectivity index (χ1) is 10.3. The third-order valence-electron chi connectivity index (χ3n) is 4.44. The van der Waals surface area contributed by atoms with Gasteiger partial charge in [0.1, 0.15) is 5.75 Å². The second-order valence-corrected chi connectivity index (χ2v) is 6.82. The lowest BCUT2D eigenvalue weighted by Crippen LogP contribution is -2.33. The van der Waals surface area contributed by atoms with Gasteiger partial charge in [-0.1, -0.05) is 24.6 Å². The quantitative estimate of drug-likeness (QED) is 0.893. The molecule has 2 nitrogen and oxygen atoms in total. The van der Waals surface area contributed by atoms with Crippen LogP contribution in [0.15, 0.2) is 36.4 Å². The fraction of sp³-hybridized carbons (Fsp3) is 0.444. The minimum absolute atomic E-state index is 0.673. The lowest BCUT2D eigenvalue weighted by atomic mass is 10.1. The Balaban J connectivity index is 1.70. The molecule has 1 saturated carbocycles. The van der Waals surface area contributed by atoms with Gasteiger partial charge in [0.05, 0.1) is 7.11 Å². The Kier molecular flexibility index (Phi) is 4.71. The van der Waals surface area contributed by atoms with Gasteiger partial charge in [-0.3, -0.25) is 0 Å². The van der Waals surface area contributed by atoms with Crippen molar-refractivity contribution >= 4 is 22.5 Å². The van der Waals surface area contributed by atoms with Crippen LogP contribution >= 0.6 is 11.8 Å². The van der Waals surface area contributed by atoms with E-state index in [1.165, 1.54) is 35.6 Å². The monoisotopic (exact) mass is 301 g/mol. The van der Waals surface area contributed by atoms with Crippen molar-refractivity contribution in [2.45, 2.75) is 37.1 Å². The molecule has 0 aliphatic heterocycles. The summed E-state index contributed by atoms with van der Waals surface area (Å²) in [6.45, 7) is 0.962. The highest BCUT2D eigenvalue weighted by atomic mass is 32.2. The molecule has 112 valence electrons. The molecule has 0 bridgehead atoms. The number of hydrogen-bond donors (Lipinski definition) is 1. The number of methoxy groups -OCH3 is 1. The van der Waals surface area contributed by atoms with Crippen LogP contribution in [0, 0.1) is 0 Å². The minimum atomic E-state index is 0.673. The molecule has 2 aromatic rings. The highest BCUT2D eigenvalue weighted by Gasteiger charge is 2.25. The van der Waals surface area contributed by atoms with Crippen molar-refractivity contribution in [3.05, 3.63) is 42.0 Å². The number of ether oxygens (including phenoxy) is 1. The minimum Gasteiger partial charge on any atom is -0.497 e. The highest BCUT2D eigenvalue weighted by Crippen LogP contribution is 2.29. The second-order valence-electron chi connectivity index (χ2n) is 5.74. The molecule has 0 saturated heterocycles. The van der Waals surface area contributed by atoms with Gasteiger partial charge in [-0.05, 0) is 53.6 Å². The van der Waals surface area contributed by atoms with Crippen molar-refractivity contribution in [3.8, 4) is 5.75 Å². The zero-order chi connectivity index (χ0) is 14.7. The topological polar surface area (TPSA) is 21.3 Å². The van der Waals surface area contributed by atoms with Gasteiger partial charge < -0.3 is 10.1 Å². The average Bonchev–Trinajstić information content (AvgIpc) is 2.99. The number of benzene rings is 2. The van der Waals surface area contributed by atoms with E-state index in [1.807, 2.05) is 17.8 Å². The van der Waals surface area contributed by atoms with Crippen LogP contribution in [0.25, 0.3) is 10.8 Å². The van der Waals surface area contributed by atoms with Crippen molar-refractivity contribution in [1.82, 2.24) is 5.32 Å². The molecule has 1 fully saturated rings. The summed E-state index contributed by atoms with van der Waals surface area (Å²) in [6.07, 6.45) is 6.27. The summed E-state index contributed by atoms with van der Waals surface area (Å²) in [5.74, 6) is 0.919. The van der Waals surface area contributed by atoms with Gasteiger partial charge in [0.2, 0.25) is 0 Å². The maximum Gasteiger partial charge on any atom is 0.119 e. The number of fused-ring (bicyclic) bond motifs is 1. The standard InChI is InChI=1S/C18H23NOS/c1-20-16-9-8-14-10-13(6-7-15(14)11-16)12-19-17-4-3-5-18(17)21-2/h6-11,17-19H,3-5,12H2,1-2H3. The van der Waals surface area contributed by atoms with Gasteiger partial charge in [0.25, 0.3) is 0 Å². The van der Waals surface area contributed by atoms with Crippen LogP contribution in [0.1, 0.15) is 24.8 Å². The number of thioether (sulfide) groups is 1. The zero-order valence-electron chi connectivity index (χ0n) is 12.8. The summed E-state index contributed by atoms with van der Waals surface area (Å²) in [4.78, 5) is 0. The van der Waals surface area contributed by atoms with Gasteiger partial charge in [0, 0.05) is 17.8 Å². The molecule has 1 aliphatic carbocycles. The third kappa shape index (κ3) is 3.35. The Morgan fingerprint density at radius 2 is 1.95 bits per heavy atom. The van der Waals surface area contributed by atoms with E-state index in [9.17, 15) is 0 Å². The Hall–Kier alpha value is -1.19. The first kappa shape index (κ1) is 14.7. The van der Waals surface area contributed by atoms with E-state index in [1.54, 1.807) is 7.11 Å². The van der Waals surface area contributed by atoms with Crippen LogP contribution in [0.2, 0.25) is 0 Å². The Bertz CT molecular complexity index is 613. The number of nitrogens with one attached hydrogen (secondary N) is 1. The van der Waals surface area contributed by atoms with Crippen LogP contribution in [0.3, 0.4) is 0 Å². The van der Waals surface area contributed by atoms with Crippen LogP contribution in [-0.4, -0.2) is 24.7 Å². The van der Waals surface area contributed by atoms with Gasteiger partial charge in [-0.15, -0.1) is 0 Å². The maximum absolute atomic E-state index is 5.28. The van der Waals surface area contributed by atoms with E-state index in [0.717, 1.165) is 17.5 Å². The molecule has 0 amide bonds. The molecule has 21 heavy (non-hydrogen) atoms. The molecule has 0 aromatic heterocycles. The van der Waals surface area contributed by atoms with Crippen molar-refractivity contribution < 1.29 is 4.74 Å². The number of hydrogen-bond acceptors (Lipinski definition) is 3. The van der Waals surface area contributed by atoms with Crippen LogP contribution in [0.5, 0.6) is 5.75 Å². The molecule has 3 rings (SSSR count). The average molecular weight is 301 g/mol. The summed E-state index contributed by atoms with van der Waals surface area (Å²) in [5, 5.41) is 7.04. The van der Waals surface area contributed by atoms with Crippen LogP contribution in [0.4, 0.5) is 0 Å². The summed E-state index contributed by atoms with van der Waals surface area (Å²) >= 11 is 2.01. The van der Waals surface area contributed by atoms with E-state index >= 15 is 0 Å². The summed E-state index contributed by atoms with van der Waals surface area (Å²) in [7, 11) is 1.71. The number of rotatable bonds is 5. The van der Waals surface area contributed by atoms with Crippen molar-refractivity contribution in [3.63, 3.8) is 0 Å². The van der Waals surface area contributed by atoms with Crippen molar-refractivity contribution in [2.75, 3.05) is 13.4 Å². The van der Waals surface area contributed by atoms with E-state index in [-0.39, 0.29) is 0 Å². The maximum atomic E-state index is 5.28. The summed E-state index contributed by atoms with van der Waals surface area (Å²) in [5.41, 5.74) is 1.36. The third-order valence-corrected chi connectivity index (χ3v) is 5.61. The largest absolute Gasteiger partial charge is 0.497 e. The highest BCUT2D eigenvalue weighted by molar-refractivity contribution is 7.99. The molecular formula is C18H23NOS. The molecule has 0 spiro atoms. The van der Waals surface area contributed by atoms with Crippen LogP contribution < -0.4 is 10.1 Å². The summed E-state index contributed by atoms with van der Waals surface area (Å²) in [6, 6.07) is 13.6. The molecule has 2 aromatic carbocycles. The molecule has 3 heteroatoms. The SMILES string of the molecule is COc1ccc2cc(CNC3CCCC3SC)ccc2c1. The fourth-order valence-electron chi connectivity index (χ4n) is 3.20. The zero-order valence-corrected chi connectivity index (χ0v) is 13.6. The van der Waals surface area contributed by atoms with Gasteiger partial charge in [-0.2, -0.15) is 11.8 Å². The van der Waals surface area contributed by atoms with Gasteiger partial charge >= 0.3 is 0 Å². The van der Waals surface area contributed by atoms with Crippen molar-refractivity contribution in [1.29, 1.82) is 0 Å².